The summed E-state index contributed by atoms with van der Waals surface area (Å²) < 4.78 is 11.0. The van der Waals surface area contributed by atoms with Gasteiger partial charge in [0.1, 0.15) is 5.75 Å². The first-order valence-electron chi connectivity index (χ1n) is 6.87. The van der Waals surface area contributed by atoms with Gasteiger partial charge in [0.2, 0.25) is 0 Å². The van der Waals surface area contributed by atoms with Crippen molar-refractivity contribution in [3.05, 3.63) is 29.8 Å². The molecule has 1 aromatic carbocycles. The molecule has 1 aromatic rings. The highest BCUT2D eigenvalue weighted by molar-refractivity contribution is 6.18. The van der Waals surface area contributed by atoms with Crippen molar-refractivity contribution in [1.29, 1.82) is 0 Å². The Labute approximate surface area is 124 Å². The number of carbonyl (C=O) groups excluding carboxylic acids is 1. The maximum absolute atomic E-state index is 12.5. The topological polar surface area (TPSA) is 38.8 Å². The first-order valence-corrected chi connectivity index (χ1v) is 7.41. The summed E-state index contributed by atoms with van der Waals surface area (Å²) in [6, 6.07) is 7.23. The van der Waals surface area contributed by atoms with Crippen LogP contribution in [0.3, 0.4) is 0 Å². The molecule has 0 N–H and O–H groups in total. The summed E-state index contributed by atoms with van der Waals surface area (Å²) >= 11 is 5.84. The molecule has 1 amide bonds. The molecule has 1 fully saturated rings. The third kappa shape index (κ3) is 3.64. The second-order valence-electron chi connectivity index (χ2n) is 4.89. The van der Waals surface area contributed by atoms with Gasteiger partial charge >= 0.3 is 0 Å². The summed E-state index contributed by atoms with van der Waals surface area (Å²) in [7, 11) is 0. The lowest BCUT2D eigenvalue weighted by molar-refractivity contribution is -0.0570. The SMILES string of the molecule is CCOc1ccc(C(=O)N2CC(C)OC(CCl)C2)cc1. The normalized spacial score (nSPS) is 22.6. The summed E-state index contributed by atoms with van der Waals surface area (Å²) in [4.78, 5) is 14.3. The van der Waals surface area contributed by atoms with Gasteiger partial charge in [0.25, 0.3) is 5.91 Å². The lowest BCUT2D eigenvalue weighted by atomic mass is 10.1. The molecule has 4 nitrogen and oxygen atoms in total. The fourth-order valence-corrected chi connectivity index (χ4v) is 2.51. The van der Waals surface area contributed by atoms with Crippen molar-refractivity contribution in [3.8, 4) is 5.75 Å². The molecule has 20 heavy (non-hydrogen) atoms. The number of halogens is 1. The molecule has 0 aliphatic carbocycles. The van der Waals surface area contributed by atoms with Gasteiger partial charge < -0.3 is 14.4 Å². The van der Waals surface area contributed by atoms with E-state index in [9.17, 15) is 4.79 Å². The maximum atomic E-state index is 12.5. The van der Waals surface area contributed by atoms with Gasteiger partial charge in [-0.3, -0.25) is 4.79 Å². The number of morpholine rings is 1. The molecule has 2 rings (SSSR count). The Morgan fingerprint density at radius 1 is 1.40 bits per heavy atom. The number of amides is 1. The van der Waals surface area contributed by atoms with E-state index >= 15 is 0 Å². The number of rotatable bonds is 4. The lowest BCUT2D eigenvalue weighted by Crippen LogP contribution is -2.49. The molecule has 0 aromatic heterocycles. The Kier molecular flexibility index (Phi) is 5.26. The largest absolute Gasteiger partial charge is 0.494 e. The number of alkyl halides is 1. The third-order valence-corrected chi connectivity index (χ3v) is 3.54. The molecule has 0 spiro atoms. The zero-order chi connectivity index (χ0) is 14.5. The van der Waals surface area contributed by atoms with Gasteiger partial charge in [-0.1, -0.05) is 0 Å². The van der Waals surface area contributed by atoms with Crippen LogP contribution in [0.15, 0.2) is 24.3 Å². The quantitative estimate of drug-likeness (QED) is 0.802. The van der Waals surface area contributed by atoms with E-state index in [4.69, 9.17) is 21.1 Å². The Bertz CT molecular complexity index is 449. The molecule has 1 saturated heterocycles. The van der Waals surface area contributed by atoms with Gasteiger partial charge in [-0.25, -0.2) is 0 Å². The number of hydrogen-bond acceptors (Lipinski definition) is 3. The van der Waals surface area contributed by atoms with E-state index < -0.39 is 0 Å². The molecule has 1 aliphatic rings. The van der Waals surface area contributed by atoms with Crippen LogP contribution < -0.4 is 4.74 Å². The standard InChI is InChI=1S/C15H20ClNO3/c1-3-19-13-6-4-12(5-7-13)15(18)17-9-11(2)20-14(8-16)10-17/h4-7,11,14H,3,8-10H2,1-2H3. The van der Waals surface area contributed by atoms with Crippen LogP contribution in [0.25, 0.3) is 0 Å². The van der Waals surface area contributed by atoms with Gasteiger partial charge in [-0.2, -0.15) is 0 Å². The van der Waals surface area contributed by atoms with Crippen LogP contribution in [0.1, 0.15) is 24.2 Å². The van der Waals surface area contributed by atoms with Gasteiger partial charge in [0, 0.05) is 18.7 Å². The van der Waals surface area contributed by atoms with Crippen molar-refractivity contribution < 1.29 is 14.3 Å². The Morgan fingerprint density at radius 3 is 2.70 bits per heavy atom. The van der Waals surface area contributed by atoms with Crippen LogP contribution >= 0.6 is 11.6 Å². The maximum Gasteiger partial charge on any atom is 0.254 e. The summed E-state index contributed by atoms with van der Waals surface area (Å²) in [6.07, 6.45) is -0.0776. The summed E-state index contributed by atoms with van der Waals surface area (Å²) in [6.45, 7) is 5.64. The number of ether oxygens (including phenoxy) is 2. The van der Waals surface area contributed by atoms with Crippen molar-refractivity contribution in [1.82, 2.24) is 4.90 Å². The van der Waals surface area contributed by atoms with E-state index in [0.29, 0.717) is 31.1 Å². The average molecular weight is 298 g/mol. The average Bonchev–Trinajstić information content (AvgIpc) is 2.47. The Hall–Kier alpha value is -1.26. The van der Waals surface area contributed by atoms with E-state index in [2.05, 4.69) is 0 Å². The summed E-state index contributed by atoms with van der Waals surface area (Å²) in [5.41, 5.74) is 0.663. The van der Waals surface area contributed by atoms with Gasteiger partial charge in [0.15, 0.2) is 0 Å². The molecule has 0 saturated carbocycles. The number of benzene rings is 1. The monoisotopic (exact) mass is 297 g/mol. The Balaban J connectivity index is 2.06. The van der Waals surface area contributed by atoms with E-state index in [1.54, 1.807) is 17.0 Å². The Morgan fingerprint density at radius 2 is 2.10 bits per heavy atom. The van der Waals surface area contributed by atoms with Crippen molar-refractivity contribution in [3.63, 3.8) is 0 Å². The van der Waals surface area contributed by atoms with Crippen molar-refractivity contribution >= 4 is 17.5 Å². The van der Waals surface area contributed by atoms with Crippen LogP contribution in [-0.2, 0) is 4.74 Å². The van der Waals surface area contributed by atoms with Gasteiger partial charge in [0.05, 0.1) is 24.7 Å². The minimum Gasteiger partial charge on any atom is -0.494 e. The zero-order valence-electron chi connectivity index (χ0n) is 11.8. The van der Waals surface area contributed by atoms with E-state index in [-0.39, 0.29) is 18.1 Å². The summed E-state index contributed by atoms with van der Waals surface area (Å²) in [5.74, 6) is 1.19. The number of nitrogens with zero attached hydrogens (tertiary/aromatic N) is 1. The molecule has 2 atom stereocenters. The zero-order valence-corrected chi connectivity index (χ0v) is 12.6. The second-order valence-corrected chi connectivity index (χ2v) is 5.20. The fraction of sp³-hybridized carbons (Fsp3) is 0.533. The van der Waals surface area contributed by atoms with Gasteiger partial charge in [-0.05, 0) is 38.1 Å². The van der Waals surface area contributed by atoms with Crippen molar-refractivity contribution in [2.75, 3.05) is 25.6 Å². The minimum atomic E-state index is -0.0907. The van der Waals surface area contributed by atoms with E-state index in [0.717, 1.165) is 5.75 Å². The molecule has 5 heteroatoms. The van der Waals surface area contributed by atoms with Crippen LogP contribution in [0.4, 0.5) is 0 Å². The van der Waals surface area contributed by atoms with E-state index in [1.807, 2.05) is 26.0 Å². The highest BCUT2D eigenvalue weighted by atomic mass is 35.5. The fourth-order valence-electron chi connectivity index (χ4n) is 2.34. The second kappa shape index (κ2) is 6.95. The smallest absolute Gasteiger partial charge is 0.254 e. The molecule has 1 aliphatic heterocycles. The molecular formula is C15H20ClNO3. The minimum absolute atomic E-state index is 0.0123. The number of hydrogen-bond donors (Lipinski definition) is 0. The highest BCUT2D eigenvalue weighted by Crippen LogP contribution is 2.17. The van der Waals surface area contributed by atoms with E-state index in [1.165, 1.54) is 0 Å². The molecule has 0 radical (unpaired) electrons. The van der Waals surface area contributed by atoms with Crippen LogP contribution in [0.2, 0.25) is 0 Å². The molecule has 110 valence electrons. The molecule has 0 bridgehead atoms. The van der Waals surface area contributed by atoms with Gasteiger partial charge in [-0.15, -0.1) is 11.6 Å². The number of carbonyl (C=O) groups is 1. The summed E-state index contributed by atoms with van der Waals surface area (Å²) in [5, 5.41) is 0. The highest BCUT2D eigenvalue weighted by Gasteiger charge is 2.28. The van der Waals surface area contributed by atoms with Crippen molar-refractivity contribution in [2.45, 2.75) is 26.1 Å². The predicted molar refractivity (Wildman–Crippen MR) is 78.6 cm³/mol. The first kappa shape index (κ1) is 15.1. The third-order valence-electron chi connectivity index (χ3n) is 3.20. The van der Waals surface area contributed by atoms with Crippen molar-refractivity contribution in [2.24, 2.45) is 0 Å². The van der Waals surface area contributed by atoms with Crippen LogP contribution in [0, 0.1) is 0 Å². The predicted octanol–water partition coefficient (Wildman–Crippen LogP) is 2.55. The molecule has 1 heterocycles. The lowest BCUT2D eigenvalue weighted by Gasteiger charge is -2.36. The first-order chi connectivity index (χ1) is 9.63. The molecular weight excluding hydrogens is 278 g/mol. The van der Waals surface area contributed by atoms with Crippen LogP contribution in [0.5, 0.6) is 5.75 Å². The van der Waals surface area contributed by atoms with Crippen LogP contribution in [-0.4, -0.2) is 48.6 Å². The molecule has 2 unspecified atom stereocenters.